The highest BCUT2D eigenvalue weighted by atomic mass is 35.5. The van der Waals surface area contributed by atoms with E-state index in [9.17, 15) is 18.0 Å². The molecule has 0 aliphatic heterocycles. The SMILES string of the molecule is CC[C@@H](C(=O)NC1CCCC1)N(Cc1ccc(Cl)cc1)C(=O)CN(c1cc(Cl)cc(Cl)c1)S(C)(=O)=O. The maximum atomic E-state index is 13.7. The molecule has 1 aliphatic carbocycles. The van der Waals surface area contributed by atoms with Crippen LogP contribution < -0.4 is 9.62 Å². The third-order valence-corrected chi connectivity index (χ3v) is 8.00. The molecule has 2 aromatic carbocycles. The lowest BCUT2D eigenvalue weighted by Gasteiger charge is -2.33. The number of carbonyl (C=O) groups excluding carboxylic acids is 2. The van der Waals surface area contributed by atoms with E-state index >= 15 is 0 Å². The molecule has 0 spiro atoms. The standard InChI is InChI=1S/C25H30Cl3N3O4S/c1-3-23(25(33)29-21-6-4-5-7-21)30(15-17-8-10-18(26)11-9-17)24(32)16-31(36(2,34)35)22-13-19(27)12-20(28)14-22/h8-14,21,23H,3-7,15-16H2,1-2H3,(H,29,33)/t23-/m0/s1. The minimum Gasteiger partial charge on any atom is -0.352 e. The number of rotatable bonds is 10. The number of hydrogen-bond acceptors (Lipinski definition) is 4. The second-order valence-corrected chi connectivity index (χ2v) is 12.2. The first-order chi connectivity index (χ1) is 17.0. The van der Waals surface area contributed by atoms with E-state index in [2.05, 4.69) is 5.32 Å². The number of nitrogens with zero attached hydrogens (tertiary/aromatic N) is 2. The highest BCUT2D eigenvalue weighted by Gasteiger charge is 2.33. The average molecular weight is 575 g/mol. The van der Waals surface area contributed by atoms with Crippen LogP contribution in [0.3, 0.4) is 0 Å². The van der Waals surface area contributed by atoms with Crippen LogP contribution in [-0.2, 0) is 26.2 Å². The molecule has 0 unspecified atom stereocenters. The summed E-state index contributed by atoms with van der Waals surface area (Å²) >= 11 is 18.2. The van der Waals surface area contributed by atoms with Gasteiger partial charge in [0.25, 0.3) is 0 Å². The number of sulfonamides is 1. The predicted octanol–water partition coefficient (Wildman–Crippen LogP) is 5.28. The zero-order chi connectivity index (χ0) is 26.5. The van der Waals surface area contributed by atoms with E-state index in [1.807, 2.05) is 6.92 Å². The minimum atomic E-state index is -3.88. The highest BCUT2D eigenvalue weighted by Crippen LogP contribution is 2.28. The van der Waals surface area contributed by atoms with Crippen LogP contribution in [0, 0.1) is 0 Å². The van der Waals surface area contributed by atoms with Crippen molar-refractivity contribution in [2.45, 2.75) is 57.7 Å². The number of benzene rings is 2. The van der Waals surface area contributed by atoms with Gasteiger partial charge < -0.3 is 10.2 Å². The maximum absolute atomic E-state index is 13.7. The Balaban J connectivity index is 1.93. The van der Waals surface area contributed by atoms with Gasteiger partial charge in [-0.1, -0.05) is 66.7 Å². The van der Waals surface area contributed by atoms with E-state index in [0.29, 0.717) is 11.4 Å². The summed E-state index contributed by atoms with van der Waals surface area (Å²) in [6.07, 6.45) is 5.29. The van der Waals surface area contributed by atoms with Crippen LogP contribution in [0.5, 0.6) is 0 Å². The topological polar surface area (TPSA) is 86.8 Å². The van der Waals surface area contributed by atoms with E-state index in [4.69, 9.17) is 34.8 Å². The van der Waals surface area contributed by atoms with Crippen molar-refractivity contribution in [3.63, 3.8) is 0 Å². The Morgan fingerprint density at radius 3 is 2.11 bits per heavy atom. The molecule has 2 amide bonds. The van der Waals surface area contributed by atoms with Gasteiger partial charge in [-0.05, 0) is 55.2 Å². The predicted molar refractivity (Wildman–Crippen MR) is 145 cm³/mol. The van der Waals surface area contributed by atoms with Crippen molar-refractivity contribution in [3.05, 3.63) is 63.1 Å². The Morgan fingerprint density at radius 1 is 1.00 bits per heavy atom. The van der Waals surface area contributed by atoms with E-state index < -0.39 is 28.5 Å². The smallest absolute Gasteiger partial charge is 0.244 e. The summed E-state index contributed by atoms with van der Waals surface area (Å²) in [5.41, 5.74) is 0.926. The summed E-state index contributed by atoms with van der Waals surface area (Å²) in [5.74, 6) is -0.775. The van der Waals surface area contributed by atoms with Crippen LogP contribution in [0.15, 0.2) is 42.5 Å². The van der Waals surface area contributed by atoms with Crippen molar-refractivity contribution in [2.24, 2.45) is 0 Å². The largest absolute Gasteiger partial charge is 0.352 e. The fourth-order valence-electron chi connectivity index (χ4n) is 4.37. The van der Waals surface area contributed by atoms with E-state index in [-0.39, 0.29) is 34.2 Å². The number of carbonyl (C=O) groups is 2. The molecule has 0 bridgehead atoms. The fourth-order valence-corrected chi connectivity index (χ4v) is 5.84. The Hall–Kier alpha value is -2.00. The molecule has 0 heterocycles. The van der Waals surface area contributed by atoms with Gasteiger partial charge in [-0.3, -0.25) is 13.9 Å². The number of amides is 2. The van der Waals surface area contributed by atoms with Crippen molar-refractivity contribution >= 4 is 62.3 Å². The Kier molecular flexibility index (Phi) is 9.92. The molecule has 1 fully saturated rings. The number of nitrogens with one attached hydrogen (secondary N) is 1. The number of anilines is 1. The van der Waals surface area contributed by atoms with Crippen LogP contribution in [0.1, 0.15) is 44.6 Å². The Bertz CT molecular complexity index is 1170. The van der Waals surface area contributed by atoms with Gasteiger partial charge in [0.15, 0.2) is 0 Å². The zero-order valence-corrected chi connectivity index (χ0v) is 23.3. The molecule has 1 aliphatic rings. The summed E-state index contributed by atoms with van der Waals surface area (Å²) < 4.78 is 26.3. The van der Waals surface area contributed by atoms with E-state index in [1.54, 1.807) is 24.3 Å². The lowest BCUT2D eigenvalue weighted by atomic mass is 10.1. The van der Waals surface area contributed by atoms with Crippen molar-refractivity contribution in [3.8, 4) is 0 Å². The molecule has 11 heteroatoms. The van der Waals surface area contributed by atoms with Gasteiger partial charge in [-0.15, -0.1) is 0 Å². The lowest BCUT2D eigenvalue weighted by Crippen LogP contribution is -2.53. The van der Waals surface area contributed by atoms with Gasteiger partial charge in [0.05, 0.1) is 11.9 Å². The normalized spacial score (nSPS) is 14.9. The Labute approximate surface area is 227 Å². The van der Waals surface area contributed by atoms with Gasteiger partial charge in [-0.25, -0.2) is 8.42 Å². The molecule has 36 heavy (non-hydrogen) atoms. The van der Waals surface area contributed by atoms with Crippen molar-refractivity contribution < 1.29 is 18.0 Å². The second-order valence-electron chi connectivity index (χ2n) is 8.96. The average Bonchev–Trinajstić information content (AvgIpc) is 3.30. The molecule has 1 saturated carbocycles. The van der Waals surface area contributed by atoms with Crippen molar-refractivity contribution in [2.75, 3.05) is 17.1 Å². The fraction of sp³-hybridized carbons (Fsp3) is 0.440. The molecule has 7 nitrogen and oxygen atoms in total. The molecule has 0 radical (unpaired) electrons. The molecule has 3 rings (SSSR count). The second kappa shape index (κ2) is 12.5. The summed E-state index contributed by atoms with van der Waals surface area (Å²) in [4.78, 5) is 28.4. The van der Waals surface area contributed by atoms with Gasteiger partial charge in [0.2, 0.25) is 21.8 Å². The molecule has 0 aromatic heterocycles. The molecular weight excluding hydrogens is 545 g/mol. The van der Waals surface area contributed by atoms with Gasteiger partial charge in [0.1, 0.15) is 12.6 Å². The maximum Gasteiger partial charge on any atom is 0.244 e. The van der Waals surface area contributed by atoms with Crippen LogP contribution >= 0.6 is 34.8 Å². The van der Waals surface area contributed by atoms with Crippen LogP contribution in [0.25, 0.3) is 0 Å². The quantitative estimate of drug-likeness (QED) is 0.418. The molecule has 2 aromatic rings. The third kappa shape index (κ3) is 7.75. The van der Waals surface area contributed by atoms with Crippen LogP contribution in [0.2, 0.25) is 15.1 Å². The lowest BCUT2D eigenvalue weighted by molar-refractivity contribution is -0.140. The van der Waals surface area contributed by atoms with E-state index in [1.165, 1.54) is 23.1 Å². The molecular formula is C25H30Cl3N3O4S. The van der Waals surface area contributed by atoms with Gasteiger partial charge in [-0.2, -0.15) is 0 Å². The van der Waals surface area contributed by atoms with Crippen molar-refractivity contribution in [1.82, 2.24) is 10.2 Å². The summed E-state index contributed by atoms with van der Waals surface area (Å²) in [7, 11) is -3.88. The number of hydrogen-bond donors (Lipinski definition) is 1. The monoisotopic (exact) mass is 573 g/mol. The minimum absolute atomic E-state index is 0.0835. The molecule has 0 saturated heterocycles. The molecule has 196 valence electrons. The summed E-state index contributed by atoms with van der Waals surface area (Å²) in [6, 6.07) is 10.6. The number of halogens is 3. The van der Waals surface area contributed by atoms with Crippen LogP contribution in [0.4, 0.5) is 5.69 Å². The summed E-state index contributed by atoms with van der Waals surface area (Å²) in [5, 5.41) is 4.09. The van der Waals surface area contributed by atoms with Crippen LogP contribution in [-0.4, -0.2) is 50.0 Å². The third-order valence-electron chi connectivity index (χ3n) is 6.17. The zero-order valence-electron chi connectivity index (χ0n) is 20.2. The van der Waals surface area contributed by atoms with Gasteiger partial charge >= 0.3 is 0 Å². The van der Waals surface area contributed by atoms with Crippen molar-refractivity contribution in [1.29, 1.82) is 0 Å². The molecule has 1 atom stereocenters. The Morgan fingerprint density at radius 2 is 1.58 bits per heavy atom. The first-order valence-corrected chi connectivity index (χ1v) is 14.7. The van der Waals surface area contributed by atoms with E-state index in [0.717, 1.165) is 41.8 Å². The first-order valence-electron chi connectivity index (χ1n) is 11.8. The summed E-state index contributed by atoms with van der Waals surface area (Å²) in [6.45, 7) is 1.42. The van der Waals surface area contributed by atoms with Gasteiger partial charge in [0, 0.05) is 27.7 Å². The first kappa shape index (κ1) is 28.6. The highest BCUT2D eigenvalue weighted by molar-refractivity contribution is 7.92. The molecule has 1 N–H and O–H groups in total.